The molecule has 2 aromatic rings. The highest BCUT2D eigenvalue weighted by atomic mass is 32.2. The third kappa shape index (κ3) is 7.15. The SMILES string of the molecule is CSc1sc(NC(=O)CC(=O)N(OCC(C)C)c2ccccc2)nc1CC(=O)O. The number of anilines is 2. The van der Waals surface area contributed by atoms with E-state index < -0.39 is 24.2 Å². The van der Waals surface area contributed by atoms with Crippen molar-refractivity contribution in [2.45, 2.75) is 30.9 Å². The Bertz CT molecular complexity index is 855. The molecule has 1 aromatic carbocycles. The molecule has 0 aliphatic rings. The number of nitrogens with zero attached hydrogens (tertiary/aromatic N) is 2. The maximum atomic E-state index is 12.7. The minimum absolute atomic E-state index is 0.204. The molecule has 0 fully saturated rings. The van der Waals surface area contributed by atoms with E-state index in [4.69, 9.17) is 9.94 Å². The third-order valence-corrected chi connectivity index (χ3v) is 5.64. The number of thiazole rings is 1. The van der Waals surface area contributed by atoms with Crippen molar-refractivity contribution in [1.29, 1.82) is 0 Å². The highest BCUT2D eigenvalue weighted by Gasteiger charge is 2.22. The number of carbonyl (C=O) groups is 3. The Labute approximate surface area is 177 Å². The van der Waals surface area contributed by atoms with Crippen LogP contribution in [0, 0.1) is 5.92 Å². The van der Waals surface area contributed by atoms with Crippen molar-refractivity contribution >= 4 is 51.7 Å². The van der Waals surface area contributed by atoms with Crippen LogP contribution in [-0.2, 0) is 25.6 Å². The Morgan fingerprint density at radius 2 is 1.97 bits per heavy atom. The van der Waals surface area contributed by atoms with E-state index in [1.165, 1.54) is 23.1 Å². The molecule has 0 bridgehead atoms. The van der Waals surface area contributed by atoms with Gasteiger partial charge in [0.15, 0.2) is 5.13 Å². The van der Waals surface area contributed by atoms with Crippen LogP contribution in [0.3, 0.4) is 0 Å². The molecule has 0 radical (unpaired) electrons. The number of aromatic nitrogens is 1. The van der Waals surface area contributed by atoms with E-state index in [1.54, 1.807) is 30.5 Å². The van der Waals surface area contributed by atoms with Gasteiger partial charge >= 0.3 is 5.97 Å². The van der Waals surface area contributed by atoms with Crippen molar-refractivity contribution in [2.24, 2.45) is 5.92 Å². The molecule has 2 amide bonds. The molecule has 0 saturated heterocycles. The first-order valence-corrected chi connectivity index (χ1v) is 10.9. The monoisotopic (exact) mass is 437 g/mol. The molecule has 156 valence electrons. The fourth-order valence-electron chi connectivity index (χ4n) is 2.26. The van der Waals surface area contributed by atoms with E-state index in [-0.39, 0.29) is 17.5 Å². The lowest BCUT2D eigenvalue weighted by Crippen LogP contribution is -2.35. The number of benzene rings is 1. The Hall–Kier alpha value is -2.43. The van der Waals surface area contributed by atoms with Crippen molar-refractivity contribution in [3.63, 3.8) is 0 Å². The number of para-hydroxylation sites is 1. The molecule has 1 heterocycles. The maximum Gasteiger partial charge on any atom is 0.309 e. The zero-order valence-corrected chi connectivity index (χ0v) is 18.0. The smallest absolute Gasteiger partial charge is 0.309 e. The summed E-state index contributed by atoms with van der Waals surface area (Å²) in [4.78, 5) is 45.7. The largest absolute Gasteiger partial charge is 0.481 e. The van der Waals surface area contributed by atoms with Crippen molar-refractivity contribution in [2.75, 3.05) is 23.2 Å². The average molecular weight is 438 g/mol. The van der Waals surface area contributed by atoms with E-state index in [0.29, 0.717) is 22.2 Å². The summed E-state index contributed by atoms with van der Waals surface area (Å²) in [5.41, 5.74) is 0.927. The quantitative estimate of drug-likeness (QED) is 0.333. The van der Waals surface area contributed by atoms with Gasteiger partial charge in [0.05, 0.1) is 28.6 Å². The first-order valence-electron chi connectivity index (χ1n) is 8.86. The molecule has 2 rings (SSSR count). The van der Waals surface area contributed by atoms with Crippen LogP contribution in [0.4, 0.5) is 10.8 Å². The summed E-state index contributed by atoms with van der Waals surface area (Å²) in [5, 5.41) is 12.9. The zero-order valence-electron chi connectivity index (χ0n) is 16.4. The van der Waals surface area contributed by atoms with Gasteiger partial charge in [-0.25, -0.2) is 4.98 Å². The molecule has 0 spiro atoms. The number of amides is 2. The van der Waals surface area contributed by atoms with E-state index >= 15 is 0 Å². The highest BCUT2D eigenvalue weighted by molar-refractivity contribution is 8.00. The number of hydrogen-bond donors (Lipinski definition) is 2. The van der Waals surface area contributed by atoms with Gasteiger partial charge in [0.2, 0.25) is 5.91 Å². The van der Waals surface area contributed by atoms with Gasteiger partial charge < -0.3 is 10.4 Å². The molecule has 1 aromatic heterocycles. The molecule has 0 aliphatic heterocycles. The fraction of sp³-hybridized carbons (Fsp3) is 0.368. The van der Waals surface area contributed by atoms with E-state index in [2.05, 4.69) is 10.3 Å². The Balaban J connectivity index is 2.06. The minimum Gasteiger partial charge on any atom is -0.481 e. The summed E-state index contributed by atoms with van der Waals surface area (Å²) in [7, 11) is 0. The lowest BCUT2D eigenvalue weighted by atomic mass is 10.2. The van der Waals surface area contributed by atoms with Gasteiger partial charge in [-0.3, -0.25) is 19.2 Å². The molecule has 0 aliphatic carbocycles. The van der Waals surface area contributed by atoms with E-state index in [0.717, 1.165) is 5.06 Å². The summed E-state index contributed by atoms with van der Waals surface area (Å²) in [6, 6.07) is 8.82. The number of hydroxylamine groups is 1. The van der Waals surface area contributed by atoms with Crippen molar-refractivity contribution < 1.29 is 24.3 Å². The fourth-order valence-corrected chi connectivity index (χ4v) is 3.91. The lowest BCUT2D eigenvalue weighted by molar-refractivity contribution is -0.136. The predicted molar refractivity (Wildman–Crippen MR) is 113 cm³/mol. The Morgan fingerprint density at radius 3 is 2.55 bits per heavy atom. The van der Waals surface area contributed by atoms with Crippen molar-refractivity contribution in [3.05, 3.63) is 36.0 Å². The van der Waals surface area contributed by atoms with Gasteiger partial charge in [-0.05, 0) is 24.3 Å². The number of thioether (sulfide) groups is 1. The molecular formula is C19H23N3O5S2. The molecule has 10 heteroatoms. The zero-order chi connectivity index (χ0) is 21.4. The molecule has 2 N–H and O–H groups in total. The third-order valence-electron chi connectivity index (χ3n) is 3.48. The van der Waals surface area contributed by atoms with E-state index in [1.807, 2.05) is 19.9 Å². The molecule has 0 atom stereocenters. The summed E-state index contributed by atoms with van der Waals surface area (Å²) in [6.45, 7) is 4.24. The second kappa shape index (κ2) is 10.9. The second-order valence-electron chi connectivity index (χ2n) is 6.47. The van der Waals surface area contributed by atoms with Crippen LogP contribution in [0.2, 0.25) is 0 Å². The van der Waals surface area contributed by atoms with E-state index in [9.17, 15) is 14.4 Å². The summed E-state index contributed by atoms with van der Waals surface area (Å²) in [6.07, 6.45) is 1.14. The summed E-state index contributed by atoms with van der Waals surface area (Å²) in [5.74, 6) is -1.86. The van der Waals surface area contributed by atoms with Crippen LogP contribution >= 0.6 is 23.1 Å². The number of nitrogens with one attached hydrogen (secondary N) is 1. The highest BCUT2D eigenvalue weighted by Crippen LogP contribution is 2.31. The van der Waals surface area contributed by atoms with Gasteiger partial charge in [0.1, 0.15) is 6.42 Å². The predicted octanol–water partition coefficient (Wildman–Crippen LogP) is 3.44. The molecular weight excluding hydrogens is 414 g/mol. The van der Waals surface area contributed by atoms with Gasteiger partial charge in [0, 0.05) is 0 Å². The summed E-state index contributed by atoms with van der Waals surface area (Å²) >= 11 is 2.53. The van der Waals surface area contributed by atoms with Gasteiger partial charge in [-0.15, -0.1) is 11.8 Å². The van der Waals surface area contributed by atoms with Gasteiger partial charge in [-0.1, -0.05) is 43.4 Å². The number of carboxylic acids is 1. The van der Waals surface area contributed by atoms with Crippen LogP contribution in [0.15, 0.2) is 34.5 Å². The van der Waals surface area contributed by atoms with Gasteiger partial charge in [-0.2, -0.15) is 5.06 Å². The maximum absolute atomic E-state index is 12.7. The number of carboxylic acid groups (broad SMARTS) is 1. The first-order chi connectivity index (χ1) is 13.8. The lowest BCUT2D eigenvalue weighted by Gasteiger charge is -2.22. The number of aliphatic carboxylic acids is 1. The average Bonchev–Trinajstić information content (AvgIpc) is 3.02. The first kappa shape index (κ1) is 22.9. The van der Waals surface area contributed by atoms with Gasteiger partial charge in [0.25, 0.3) is 5.91 Å². The normalized spacial score (nSPS) is 10.8. The van der Waals surface area contributed by atoms with Crippen LogP contribution in [0.5, 0.6) is 0 Å². The Morgan fingerprint density at radius 1 is 1.28 bits per heavy atom. The molecule has 0 saturated carbocycles. The van der Waals surface area contributed by atoms with Crippen molar-refractivity contribution in [1.82, 2.24) is 4.98 Å². The van der Waals surface area contributed by atoms with Crippen molar-refractivity contribution in [3.8, 4) is 0 Å². The molecule has 0 unspecified atom stereocenters. The standard InChI is InChI=1S/C19H23N3O5S2/c1-12(2)11-27-22(13-7-5-4-6-8-13)16(24)10-15(23)21-19-20-14(9-17(25)26)18(28-3)29-19/h4-8,12H,9-11H2,1-3H3,(H,25,26)(H,20,21,23). The Kier molecular flexibility index (Phi) is 8.62. The number of rotatable bonds is 10. The number of hydrogen-bond acceptors (Lipinski definition) is 7. The second-order valence-corrected chi connectivity index (χ2v) is 8.54. The molecule has 29 heavy (non-hydrogen) atoms. The van der Waals surface area contributed by atoms with Crippen LogP contribution in [-0.4, -0.2) is 40.7 Å². The topological polar surface area (TPSA) is 109 Å². The van der Waals surface area contributed by atoms with Crippen LogP contribution in [0.25, 0.3) is 0 Å². The summed E-state index contributed by atoms with van der Waals surface area (Å²) < 4.78 is 0.709. The number of carbonyl (C=O) groups excluding carboxylic acids is 2. The van der Waals surface area contributed by atoms with Crippen LogP contribution in [0.1, 0.15) is 26.0 Å². The molecule has 8 nitrogen and oxygen atoms in total. The van der Waals surface area contributed by atoms with Crippen LogP contribution < -0.4 is 10.4 Å². The minimum atomic E-state index is -1.00.